The molecule has 0 unspecified atom stereocenters. The first kappa shape index (κ1) is 15.8. The maximum absolute atomic E-state index is 12.1. The van der Waals surface area contributed by atoms with E-state index in [2.05, 4.69) is 10.6 Å². The number of hydrogen-bond acceptors (Lipinski definition) is 2. The highest BCUT2D eigenvalue weighted by Crippen LogP contribution is 2.20. The summed E-state index contributed by atoms with van der Waals surface area (Å²) in [7, 11) is 0. The topological polar surface area (TPSA) is 58.2 Å². The van der Waals surface area contributed by atoms with Crippen LogP contribution in [0.15, 0.2) is 36.4 Å². The number of nitrogens with one attached hydrogen (secondary N) is 2. The molecule has 0 saturated carbocycles. The standard InChI is InChI=1S/C18H20N2O2/c1-11-8-9-12(2)15(10-11)19-17(21)18(22)20-16-13(3)6-5-7-14(16)4/h5-10H,1-4H3,(H,19,21)(H,20,22). The molecule has 22 heavy (non-hydrogen) atoms. The van der Waals surface area contributed by atoms with E-state index < -0.39 is 11.8 Å². The largest absolute Gasteiger partial charge is 0.318 e. The molecule has 4 heteroatoms. The van der Waals surface area contributed by atoms with E-state index in [1.165, 1.54) is 0 Å². The van der Waals surface area contributed by atoms with E-state index in [1.54, 1.807) is 0 Å². The number of carbonyl (C=O) groups is 2. The third-order valence-electron chi connectivity index (χ3n) is 3.57. The molecule has 2 amide bonds. The Kier molecular flexibility index (Phi) is 4.61. The molecule has 0 radical (unpaired) electrons. The fourth-order valence-corrected chi connectivity index (χ4v) is 2.23. The number of benzene rings is 2. The third-order valence-corrected chi connectivity index (χ3v) is 3.57. The molecular formula is C18H20N2O2. The van der Waals surface area contributed by atoms with Crippen molar-refractivity contribution >= 4 is 23.2 Å². The van der Waals surface area contributed by atoms with Gasteiger partial charge < -0.3 is 10.6 Å². The van der Waals surface area contributed by atoms with Gasteiger partial charge in [-0.15, -0.1) is 0 Å². The highest BCUT2D eigenvalue weighted by Gasteiger charge is 2.16. The summed E-state index contributed by atoms with van der Waals surface area (Å²) >= 11 is 0. The van der Waals surface area contributed by atoms with Crippen LogP contribution >= 0.6 is 0 Å². The van der Waals surface area contributed by atoms with Crippen LogP contribution in [0, 0.1) is 27.7 Å². The van der Waals surface area contributed by atoms with E-state index in [-0.39, 0.29) is 0 Å². The van der Waals surface area contributed by atoms with E-state index >= 15 is 0 Å². The molecule has 0 aliphatic heterocycles. The predicted octanol–water partition coefficient (Wildman–Crippen LogP) is 3.50. The van der Waals surface area contributed by atoms with Gasteiger partial charge in [0.2, 0.25) is 0 Å². The maximum Gasteiger partial charge on any atom is 0.314 e. The maximum atomic E-state index is 12.1. The van der Waals surface area contributed by atoms with Crippen molar-refractivity contribution in [2.24, 2.45) is 0 Å². The Bertz CT molecular complexity index is 716. The van der Waals surface area contributed by atoms with Crippen LogP contribution in [-0.2, 0) is 9.59 Å². The number of anilines is 2. The van der Waals surface area contributed by atoms with Crippen LogP contribution in [0.5, 0.6) is 0 Å². The Hall–Kier alpha value is -2.62. The van der Waals surface area contributed by atoms with Gasteiger partial charge in [-0.2, -0.15) is 0 Å². The lowest BCUT2D eigenvalue weighted by Gasteiger charge is -2.12. The van der Waals surface area contributed by atoms with Crippen molar-refractivity contribution in [2.45, 2.75) is 27.7 Å². The van der Waals surface area contributed by atoms with Gasteiger partial charge in [-0.05, 0) is 56.0 Å². The van der Waals surface area contributed by atoms with E-state index in [0.717, 1.165) is 22.3 Å². The smallest absolute Gasteiger partial charge is 0.314 e. The zero-order chi connectivity index (χ0) is 16.3. The van der Waals surface area contributed by atoms with Crippen LogP contribution in [0.25, 0.3) is 0 Å². The van der Waals surface area contributed by atoms with Gasteiger partial charge in [-0.1, -0.05) is 30.3 Å². The summed E-state index contributed by atoms with van der Waals surface area (Å²) in [5.41, 5.74) is 5.13. The van der Waals surface area contributed by atoms with Crippen molar-refractivity contribution in [1.29, 1.82) is 0 Å². The summed E-state index contributed by atoms with van der Waals surface area (Å²) in [5, 5.41) is 5.34. The number of para-hydroxylation sites is 1. The highest BCUT2D eigenvalue weighted by molar-refractivity contribution is 6.43. The highest BCUT2D eigenvalue weighted by atomic mass is 16.2. The molecule has 0 aromatic heterocycles. The van der Waals surface area contributed by atoms with Gasteiger partial charge >= 0.3 is 11.8 Å². The predicted molar refractivity (Wildman–Crippen MR) is 89.1 cm³/mol. The molecule has 0 bridgehead atoms. The summed E-state index contributed by atoms with van der Waals surface area (Å²) in [6, 6.07) is 11.4. The van der Waals surface area contributed by atoms with Crippen LogP contribution < -0.4 is 10.6 Å². The normalized spacial score (nSPS) is 10.2. The van der Waals surface area contributed by atoms with Gasteiger partial charge in [0.15, 0.2) is 0 Å². The molecule has 114 valence electrons. The summed E-state index contributed by atoms with van der Waals surface area (Å²) < 4.78 is 0. The Labute approximate surface area is 130 Å². The van der Waals surface area contributed by atoms with Crippen LogP contribution in [-0.4, -0.2) is 11.8 Å². The monoisotopic (exact) mass is 296 g/mol. The first-order valence-corrected chi connectivity index (χ1v) is 7.14. The van der Waals surface area contributed by atoms with Gasteiger partial charge in [-0.3, -0.25) is 9.59 Å². The molecule has 0 saturated heterocycles. The molecular weight excluding hydrogens is 276 g/mol. The molecule has 2 aromatic rings. The second-order valence-corrected chi connectivity index (χ2v) is 5.49. The van der Waals surface area contributed by atoms with Crippen molar-refractivity contribution in [1.82, 2.24) is 0 Å². The van der Waals surface area contributed by atoms with Crippen molar-refractivity contribution in [3.63, 3.8) is 0 Å². The average molecular weight is 296 g/mol. The average Bonchev–Trinajstić information content (AvgIpc) is 2.46. The number of carbonyl (C=O) groups excluding carboxylic acids is 2. The zero-order valence-corrected chi connectivity index (χ0v) is 13.3. The van der Waals surface area contributed by atoms with E-state index in [4.69, 9.17) is 0 Å². The second-order valence-electron chi connectivity index (χ2n) is 5.49. The number of hydrogen-bond donors (Lipinski definition) is 2. The number of rotatable bonds is 2. The van der Waals surface area contributed by atoms with Gasteiger partial charge in [0, 0.05) is 11.4 Å². The summed E-state index contributed by atoms with van der Waals surface area (Å²) in [5.74, 6) is -1.34. The molecule has 0 heterocycles. The number of amides is 2. The Balaban J connectivity index is 2.13. The molecule has 0 spiro atoms. The third kappa shape index (κ3) is 3.52. The van der Waals surface area contributed by atoms with Crippen molar-refractivity contribution < 1.29 is 9.59 Å². The Morgan fingerprint density at radius 2 is 1.36 bits per heavy atom. The lowest BCUT2D eigenvalue weighted by atomic mass is 10.1. The first-order valence-electron chi connectivity index (χ1n) is 7.14. The van der Waals surface area contributed by atoms with E-state index in [9.17, 15) is 9.59 Å². The number of aryl methyl sites for hydroxylation is 4. The Morgan fingerprint density at radius 3 is 2.00 bits per heavy atom. The summed E-state index contributed by atoms with van der Waals surface area (Å²) in [6.07, 6.45) is 0. The van der Waals surface area contributed by atoms with Crippen LogP contribution in [0.3, 0.4) is 0 Å². The van der Waals surface area contributed by atoms with Crippen LogP contribution in [0.2, 0.25) is 0 Å². The molecule has 2 N–H and O–H groups in total. The van der Waals surface area contributed by atoms with Crippen LogP contribution in [0.4, 0.5) is 11.4 Å². The molecule has 4 nitrogen and oxygen atoms in total. The second kappa shape index (κ2) is 6.43. The molecule has 2 aromatic carbocycles. The lowest BCUT2D eigenvalue weighted by Crippen LogP contribution is -2.29. The fraction of sp³-hybridized carbons (Fsp3) is 0.222. The molecule has 0 atom stereocenters. The molecule has 0 fully saturated rings. The van der Waals surface area contributed by atoms with E-state index in [0.29, 0.717) is 11.4 Å². The fourth-order valence-electron chi connectivity index (χ4n) is 2.23. The molecule has 2 rings (SSSR count). The minimum absolute atomic E-state index is 0.654. The molecule has 0 aliphatic carbocycles. The van der Waals surface area contributed by atoms with Gasteiger partial charge in [0.05, 0.1) is 0 Å². The summed E-state index contributed by atoms with van der Waals surface area (Å²) in [4.78, 5) is 24.2. The summed E-state index contributed by atoms with van der Waals surface area (Å²) in [6.45, 7) is 7.61. The SMILES string of the molecule is Cc1ccc(C)c(NC(=O)C(=O)Nc2c(C)cccc2C)c1. The minimum atomic E-state index is -0.670. The van der Waals surface area contributed by atoms with Gasteiger partial charge in [-0.25, -0.2) is 0 Å². The van der Waals surface area contributed by atoms with Crippen LogP contribution in [0.1, 0.15) is 22.3 Å². The van der Waals surface area contributed by atoms with Crippen molar-refractivity contribution in [3.05, 3.63) is 58.7 Å². The van der Waals surface area contributed by atoms with Crippen molar-refractivity contribution in [3.8, 4) is 0 Å². The van der Waals surface area contributed by atoms with E-state index in [1.807, 2.05) is 64.1 Å². The van der Waals surface area contributed by atoms with Gasteiger partial charge in [0.1, 0.15) is 0 Å². The zero-order valence-electron chi connectivity index (χ0n) is 13.3. The minimum Gasteiger partial charge on any atom is -0.318 e. The Morgan fingerprint density at radius 1 is 0.773 bits per heavy atom. The van der Waals surface area contributed by atoms with Crippen molar-refractivity contribution in [2.75, 3.05) is 10.6 Å². The first-order chi connectivity index (χ1) is 10.4. The quantitative estimate of drug-likeness (QED) is 0.833. The lowest BCUT2D eigenvalue weighted by molar-refractivity contribution is -0.133. The van der Waals surface area contributed by atoms with Gasteiger partial charge in [0.25, 0.3) is 0 Å². The molecule has 0 aliphatic rings.